The van der Waals surface area contributed by atoms with Crippen LogP contribution in [-0.4, -0.2) is 50.5 Å². The van der Waals surface area contributed by atoms with Crippen LogP contribution in [0.5, 0.6) is 0 Å². The Hall–Kier alpha value is -1.08. The molecular formula is C13H23NO5S. The van der Waals surface area contributed by atoms with Crippen LogP contribution in [0.1, 0.15) is 33.6 Å². The van der Waals surface area contributed by atoms with Crippen molar-refractivity contribution in [3.63, 3.8) is 0 Å². The predicted octanol–water partition coefficient (Wildman–Crippen LogP) is 1.92. The van der Waals surface area contributed by atoms with Gasteiger partial charge in [0.2, 0.25) is 0 Å². The first kappa shape index (κ1) is 17.0. The highest BCUT2D eigenvalue weighted by Gasteiger charge is 2.30. The zero-order valence-corrected chi connectivity index (χ0v) is 13.3. The van der Waals surface area contributed by atoms with Crippen molar-refractivity contribution < 1.29 is 22.1 Å². The monoisotopic (exact) mass is 305 g/mol. The molecule has 1 heterocycles. The predicted molar refractivity (Wildman–Crippen MR) is 75.9 cm³/mol. The zero-order valence-electron chi connectivity index (χ0n) is 12.5. The lowest BCUT2D eigenvalue weighted by molar-refractivity contribution is 0.0255. The van der Waals surface area contributed by atoms with Gasteiger partial charge in [0, 0.05) is 6.54 Å². The van der Waals surface area contributed by atoms with E-state index in [2.05, 4.69) is 4.18 Å². The molecule has 0 N–H and O–H groups in total. The van der Waals surface area contributed by atoms with Crippen molar-refractivity contribution >= 4 is 16.2 Å². The number of hydrogen-bond acceptors (Lipinski definition) is 5. The Bertz CT molecular complexity index is 464. The van der Waals surface area contributed by atoms with E-state index in [9.17, 15) is 13.2 Å². The molecule has 1 rings (SSSR count). The molecule has 1 aliphatic rings. The normalized spacial score (nSPS) is 20.6. The highest BCUT2D eigenvalue weighted by atomic mass is 32.2. The van der Waals surface area contributed by atoms with Gasteiger partial charge in [-0.15, -0.1) is 0 Å². The Morgan fingerprint density at radius 1 is 1.40 bits per heavy atom. The number of amides is 1. The fourth-order valence-corrected chi connectivity index (χ4v) is 2.24. The van der Waals surface area contributed by atoms with Crippen molar-refractivity contribution in [2.45, 2.75) is 45.3 Å². The van der Waals surface area contributed by atoms with Crippen LogP contribution in [0.4, 0.5) is 4.79 Å². The molecule has 1 fully saturated rings. The van der Waals surface area contributed by atoms with Crippen molar-refractivity contribution in [2.24, 2.45) is 0 Å². The molecule has 6 nitrogen and oxygen atoms in total. The summed E-state index contributed by atoms with van der Waals surface area (Å²) in [6.07, 6.45) is 5.82. The van der Waals surface area contributed by atoms with E-state index in [0.717, 1.165) is 19.1 Å². The lowest BCUT2D eigenvalue weighted by Crippen LogP contribution is -2.39. The Kier molecular flexibility index (Phi) is 5.59. The summed E-state index contributed by atoms with van der Waals surface area (Å²) in [6.45, 7) is 6.11. The van der Waals surface area contributed by atoms with Gasteiger partial charge >= 0.3 is 6.09 Å². The molecule has 0 spiro atoms. The smallest absolute Gasteiger partial charge is 0.410 e. The van der Waals surface area contributed by atoms with Gasteiger partial charge in [0.1, 0.15) is 5.60 Å². The first-order chi connectivity index (χ1) is 9.08. The third-order valence-electron chi connectivity index (χ3n) is 2.66. The molecular weight excluding hydrogens is 282 g/mol. The zero-order chi connectivity index (χ0) is 15.4. The van der Waals surface area contributed by atoms with Gasteiger partial charge in [-0.25, -0.2) is 4.79 Å². The molecule has 0 saturated carbocycles. The average Bonchev–Trinajstić information content (AvgIpc) is 2.68. The SMILES string of the molecule is CC(C)(C)OC(=O)N1CCC[C@@H]1/C=C/COS(C)(=O)=O. The molecule has 1 saturated heterocycles. The van der Waals surface area contributed by atoms with Crippen LogP contribution in [0.15, 0.2) is 12.2 Å². The molecule has 116 valence electrons. The summed E-state index contributed by atoms with van der Waals surface area (Å²) in [6, 6.07) is -0.0620. The highest BCUT2D eigenvalue weighted by molar-refractivity contribution is 7.85. The molecule has 0 aromatic carbocycles. The van der Waals surface area contributed by atoms with E-state index >= 15 is 0 Å². The summed E-state index contributed by atoms with van der Waals surface area (Å²) in [7, 11) is -3.43. The minimum Gasteiger partial charge on any atom is -0.444 e. The summed E-state index contributed by atoms with van der Waals surface area (Å²) in [5.74, 6) is 0. The molecule has 0 aromatic heterocycles. The van der Waals surface area contributed by atoms with Crippen LogP contribution in [0, 0.1) is 0 Å². The van der Waals surface area contributed by atoms with Gasteiger partial charge in [-0.3, -0.25) is 4.18 Å². The second-order valence-electron chi connectivity index (χ2n) is 5.80. The number of likely N-dealkylation sites (tertiary alicyclic amines) is 1. The van der Waals surface area contributed by atoms with Gasteiger partial charge < -0.3 is 9.64 Å². The second kappa shape index (κ2) is 6.58. The molecule has 0 aliphatic carbocycles. The Morgan fingerprint density at radius 3 is 2.60 bits per heavy atom. The van der Waals surface area contributed by atoms with Crippen molar-refractivity contribution in [2.75, 3.05) is 19.4 Å². The van der Waals surface area contributed by atoms with Gasteiger partial charge in [0.25, 0.3) is 10.1 Å². The largest absolute Gasteiger partial charge is 0.444 e. The van der Waals surface area contributed by atoms with Crippen LogP contribution in [-0.2, 0) is 19.0 Å². The van der Waals surface area contributed by atoms with E-state index in [0.29, 0.717) is 6.54 Å². The number of rotatable bonds is 4. The number of carbonyl (C=O) groups excluding carboxylic acids is 1. The van der Waals surface area contributed by atoms with Gasteiger partial charge in [0.15, 0.2) is 0 Å². The lowest BCUT2D eigenvalue weighted by Gasteiger charge is -2.27. The first-order valence-corrected chi connectivity index (χ1v) is 8.41. The van der Waals surface area contributed by atoms with Crippen molar-refractivity contribution in [3.05, 3.63) is 12.2 Å². The molecule has 0 unspecified atom stereocenters. The van der Waals surface area contributed by atoms with Gasteiger partial charge in [-0.2, -0.15) is 8.42 Å². The molecule has 1 atom stereocenters. The second-order valence-corrected chi connectivity index (χ2v) is 7.44. The van der Waals surface area contributed by atoms with E-state index in [-0.39, 0.29) is 18.7 Å². The topological polar surface area (TPSA) is 72.9 Å². The van der Waals surface area contributed by atoms with E-state index in [4.69, 9.17) is 4.74 Å². The molecule has 0 radical (unpaired) electrons. The van der Waals surface area contributed by atoms with Crippen LogP contribution >= 0.6 is 0 Å². The molecule has 1 aliphatic heterocycles. The standard InChI is InChI=1S/C13H23NO5S/c1-13(2,3)19-12(15)14-9-5-7-11(14)8-6-10-18-20(4,16)17/h6,8,11H,5,7,9-10H2,1-4H3/b8-6+/t11-/m1/s1. The number of hydrogen-bond donors (Lipinski definition) is 0. The van der Waals surface area contributed by atoms with Crippen LogP contribution in [0.25, 0.3) is 0 Å². The molecule has 7 heteroatoms. The van der Waals surface area contributed by atoms with Crippen molar-refractivity contribution in [1.29, 1.82) is 0 Å². The Labute approximate surface area is 120 Å². The van der Waals surface area contributed by atoms with Crippen molar-refractivity contribution in [1.82, 2.24) is 4.90 Å². The lowest BCUT2D eigenvalue weighted by atomic mass is 10.2. The van der Waals surface area contributed by atoms with Crippen LogP contribution < -0.4 is 0 Å². The minimum absolute atomic E-state index is 0.0164. The van der Waals surface area contributed by atoms with E-state index in [1.54, 1.807) is 17.1 Å². The van der Waals surface area contributed by atoms with Gasteiger partial charge in [-0.05, 0) is 33.6 Å². The maximum Gasteiger partial charge on any atom is 0.410 e. The fraction of sp³-hybridized carbons (Fsp3) is 0.769. The van der Waals surface area contributed by atoms with Crippen LogP contribution in [0.3, 0.4) is 0 Å². The van der Waals surface area contributed by atoms with Crippen LogP contribution in [0.2, 0.25) is 0 Å². The Balaban J connectivity index is 2.53. The quantitative estimate of drug-likeness (QED) is 0.586. The third kappa shape index (κ3) is 6.38. The molecule has 20 heavy (non-hydrogen) atoms. The fourth-order valence-electron chi connectivity index (χ4n) is 1.92. The van der Waals surface area contributed by atoms with E-state index in [1.807, 2.05) is 20.8 Å². The van der Waals surface area contributed by atoms with E-state index < -0.39 is 15.7 Å². The number of ether oxygens (including phenoxy) is 1. The third-order valence-corrected chi connectivity index (χ3v) is 3.23. The van der Waals surface area contributed by atoms with Crippen molar-refractivity contribution in [3.8, 4) is 0 Å². The summed E-state index contributed by atoms with van der Waals surface area (Å²) in [5, 5.41) is 0. The van der Waals surface area contributed by atoms with E-state index in [1.165, 1.54) is 0 Å². The summed E-state index contributed by atoms with van der Waals surface area (Å²) < 4.78 is 31.6. The number of carbonyl (C=O) groups is 1. The maximum atomic E-state index is 12.0. The van der Waals surface area contributed by atoms with Gasteiger partial charge in [-0.1, -0.05) is 12.2 Å². The summed E-state index contributed by atoms with van der Waals surface area (Å²) in [4.78, 5) is 13.7. The first-order valence-electron chi connectivity index (χ1n) is 6.59. The minimum atomic E-state index is -3.43. The average molecular weight is 305 g/mol. The number of nitrogens with zero attached hydrogens (tertiary/aromatic N) is 1. The molecule has 1 amide bonds. The molecule has 0 bridgehead atoms. The summed E-state index contributed by atoms with van der Waals surface area (Å²) >= 11 is 0. The van der Waals surface area contributed by atoms with Gasteiger partial charge in [0.05, 0.1) is 18.9 Å². The Morgan fingerprint density at radius 2 is 2.05 bits per heavy atom. The molecule has 0 aromatic rings. The maximum absolute atomic E-state index is 12.0. The summed E-state index contributed by atoms with van der Waals surface area (Å²) in [5.41, 5.74) is -0.520. The highest BCUT2D eigenvalue weighted by Crippen LogP contribution is 2.21.